The van der Waals surface area contributed by atoms with E-state index in [4.69, 9.17) is 4.74 Å². The summed E-state index contributed by atoms with van der Waals surface area (Å²) >= 11 is 0. The van der Waals surface area contributed by atoms with Gasteiger partial charge in [-0.3, -0.25) is 0 Å². The SMILES string of the molecule is COc1ccc(C(C)C(C)CNCC(C)C)cc1. The fourth-order valence-electron chi connectivity index (χ4n) is 2.01. The van der Waals surface area contributed by atoms with Gasteiger partial charge >= 0.3 is 0 Å². The summed E-state index contributed by atoms with van der Waals surface area (Å²) in [5.41, 5.74) is 1.38. The zero-order valence-electron chi connectivity index (χ0n) is 12.4. The van der Waals surface area contributed by atoms with Crippen LogP contribution in [0.4, 0.5) is 0 Å². The predicted octanol–water partition coefficient (Wildman–Crippen LogP) is 3.68. The molecule has 1 aromatic carbocycles. The van der Waals surface area contributed by atoms with Gasteiger partial charge in [0.2, 0.25) is 0 Å². The minimum absolute atomic E-state index is 0.565. The van der Waals surface area contributed by atoms with Crippen molar-refractivity contribution in [2.45, 2.75) is 33.6 Å². The standard InChI is InChI=1S/C16H27NO/c1-12(2)10-17-11-13(3)14(4)15-6-8-16(18-5)9-7-15/h6-9,12-14,17H,10-11H2,1-5H3. The van der Waals surface area contributed by atoms with Crippen LogP contribution in [-0.4, -0.2) is 20.2 Å². The van der Waals surface area contributed by atoms with Gasteiger partial charge in [-0.25, -0.2) is 0 Å². The molecule has 2 unspecified atom stereocenters. The molecule has 0 aromatic heterocycles. The highest BCUT2D eigenvalue weighted by atomic mass is 16.5. The second kappa shape index (κ2) is 7.42. The molecule has 0 radical (unpaired) electrons. The predicted molar refractivity (Wildman–Crippen MR) is 78.3 cm³/mol. The van der Waals surface area contributed by atoms with E-state index in [0.29, 0.717) is 17.8 Å². The van der Waals surface area contributed by atoms with Crippen molar-refractivity contribution < 1.29 is 4.74 Å². The maximum absolute atomic E-state index is 5.19. The van der Waals surface area contributed by atoms with E-state index in [1.54, 1.807) is 7.11 Å². The first-order valence-electron chi connectivity index (χ1n) is 6.89. The third-order valence-electron chi connectivity index (χ3n) is 3.51. The first kappa shape index (κ1) is 15.0. The second-order valence-corrected chi connectivity index (χ2v) is 5.59. The van der Waals surface area contributed by atoms with Gasteiger partial charge in [0.05, 0.1) is 7.11 Å². The molecule has 0 aliphatic carbocycles. The monoisotopic (exact) mass is 249 g/mol. The zero-order valence-corrected chi connectivity index (χ0v) is 12.4. The molecule has 0 saturated carbocycles. The maximum Gasteiger partial charge on any atom is 0.118 e. The number of nitrogens with one attached hydrogen (secondary N) is 1. The molecule has 0 heterocycles. The van der Waals surface area contributed by atoms with Gasteiger partial charge in [-0.15, -0.1) is 0 Å². The first-order valence-corrected chi connectivity index (χ1v) is 6.89. The van der Waals surface area contributed by atoms with Gasteiger partial charge in [-0.2, -0.15) is 0 Å². The number of methoxy groups -OCH3 is 1. The minimum atomic E-state index is 0.565. The van der Waals surface area contributed by atoms with Crippen LogP contribution in [0.25, 0.3) is 0 Å². The summed E-state index contributed by atoms with van der Waals surface area (Å²) in [7, 11) is 1.71. The van der Waals surface area contributed by atoms with Gasteiger partial charge in [0, 0.05) is 0 Å². The largest absolute Gasteiger partial charge is 0.497 e. The molecule has 0 aliphatic heterocycles. The van der Waals surface area contributed by atoms with Crippen molar-refractivity contribution >= 4 is 0 Å². The van der Waals surface area contributed by atoms with E-state index in [1.807, 2.05) is 12.1 Å². The van der Waals surface area contributed by atoms with E-state index in [-0.39, 0.29) is 0 Å². The summed E-state index contributed by atoms with van der Waals surface area (Å²) in [4.78, 5) is 0. The Hall–Kier alpha value is -1.02. The smallest absolute Gasteiger partial charge is 0.118 e. The number of benzene rings is 1. The lowest BCUT2D eigenvalue weighted by Crippen LogP contribution is -2.27. The van der Waals surface area contributed by atoms with E-state index in [2.05, 4.69) is 45.1 Å². The topological polar surface area (TPSA) is 21.3 Å². The summed E-state index contributed by atoms with van der Waals surface area (Å²) in [6, 6.07) is 8.42. The van der Waals surface area contributed by atoms with E-state index in [9.17, 15) is 0 Å². The number of ether oxygens (including phenoxy) is 1. The fourth-order valence-corrected chi connectivity index (χ4v) is 2.01. The van der Waals surface area contributed by atoms with Crippen molar-refractivity contribution in [2.24, 2.45) is 11.8 Å². The molecule has 2 heteroatoms. The summed E-state index contributed by atoms with van der Waals surface area (Å²) in [5.74, 6) is 2.85. The first-order chi connectivity index (χ1) is 8.54. The Balaban J connectivity index is 2.48. The van der Waals surface area contributed by atoms with Gasteiger partial charge in [0.15, 0.2) is 0 Å². The minimum Gasteiger partial charge on any atom is -0.497 e. The van der Waals surface area contributed by atoms with Crippen LogP contribution in [0, 0.1) is 11.8 Å². The molecular weight excluding hydrogens is 222 g/mol. The number of hydrogen-bond donors (Lipinski definition) is 1. The molecule has 0 spiro atoms. The van der Waals surface area contributed by atoms with Gasteiger partial charge < -0.3 is 10.1 Å². The van der Waals surface area contributed by atoms with Crippen molar-refractivity contribution in [3.05, 3.63) is 29.8 Å². The lowest BCUT2D eigenvalue weighted by Gasteiger charge is -2.21. The van der Waals surface area contributed by atoms with Crippen molar-refractivity contribution in [3.63, 3.8) is 0 Å². The maximum atomic E-state index is 5.19. The Morgan fingerprint density at radius 2 is 1.61 bits per heavy atom. The summed E-state index contributed by atoms with van der Waals surface area (Å²) in [6.07, 6.45) is 0. The Morgan fingerprint density at radius 1 is 1.00 bits per heavy atom. The second-order valence-electron chi connectivity index (χ2n) is 5.59. The number of rotatable bonds is 7. The molecule has 2 atom stereocenters. The Bertz CT molecular complexity index is 331. The third-order valence-corrected chi connectivity index (χ3v) is 3.51. The quantitative estimate of drug-likeness (QED) is 0.796. The van der Waals surface area contributed by atoms with E-state index in [0.717, 1.165) is 18.8 Å². The molecule has 102 valence electrons. The molecule has 0 amide bonds. The Kier molecular flexibility index (Phi) is 6.20. The molecule has 0 aliphatic rings. The van der Waals surface area contributed by atoms with Crippen LogP contribution in [0.15, 0.2) is 24.3 Å². The van der Waals surface area contributed by atoms with Crippen molar-refractivity contribution in [3.8, 4) is 5.75 Å². The van der Waals surface area contributed by atoms with Crippen LogP contribution in [0.1, 0.15) is 39.2 Å². The molecule has 1 rings (SSSR count). The molecular formula is C16H27NO. The van der Waals surface area contributed by atoms with Gasteiger partial charge in [-0.05, 0) is 48.5 Å². The van der Waals surface area contributed by atoms with Crippen LogP contribution in [0.5, 0.6) is 5.75 Å². The van der Waals surface area contributed by atoms with Crippen molar-refractivity contribution in [1.29, 1.82) is 0 Å². The molecule has 0 bridgehead atoms. The van der Waals surface area contributed by atoms with Crippen LogP contribution in [0.3, 0.4) is 0 Å². The van der Waals surface area contributed by atoms with E-state index < -0.39 is 0 Å². The molecule has 2 nitrogen and oxygen atoms in total. The van der Waals surface area contributed by atoms with Gasteiger partial charge in [0.25, 0.3) is 0 Å². The van der Waals surface area contributed by atoms with Gasteiger partial charge in [-0.1, -0.05) is 39.8 Å². The normalized spacial score (nSPS) is 14.6. The summed E-state index contributed by atoms with van der Waals surface area (Å²) in [5, 5.41) is 3.53. The molecule has 0 saturated heterocycles. The Morgan fingerprint density at radius 3 is 2.11 bits per heavy atom. The highest BCUT2D eigenvalue weighted by molar-refractivity contribution is 5.29. The molecule has 1 aromatic rings. The average Bonchev–Trinajstić information content (AvgIpc) is 2.37. The summed E-state index contributed by atoms with van der Waals surface area (Å²) < 4.78 is 5.19. The van der Waals surface area contributed by atoms with Crippen LogP contribution >= 0.6 is 0 Å². The molecule has 0 fully saturated rings. The fraction of sp³-hybridized carbons (Fsp3) is 0.625. The molecule has 1 N–H and O–H groups in total. The third kappa shape index (κ3) is 4.69. The lowest BCUT2D eigenvalue weighted by atomic mass is 9.89. The van der Waals surface area contributed by atoms with Crippen LogP contribution in [0.2, 0.25) is 0 Å². The molecule has 18 heavy (non-hydrogen) atoms. The number of hydrogen-bond acceptors (Lipinski definition) is 2. The lowest BCUT2D eigenvalue weighted by molar-refractivity contribution is 0.412. The highest BCUT2D eigenvalue weighted by Crippen LogP contribution is 2.25. The average molecular weight is 249 g/mol. The summed E-state index contributed by atoms with van der Waals surface area (Å²) in [6.45, 7) is 11.3. The van der Waals surface area contributed by atoms with E-state index >= 15 is 0 Å². The van der Waals surface area contributed by atoms with Crippen molar-refractivity contribution in [2.75, 3.05) is 20.2 Å². The highest BCUT2D eigenvalue weighted by Gasteiger charge is 2.14. The van der Waals surface area contributed by atoms with Crippen molar-refractivity contribution in [1.82, 2.24) is 5.32 Å². The van der Waals surface area contributed by atoms with Gasteiger partial charge in [0.1, 0.15) is 5.75 Å². The van der Waals surface area contributed by atoms with E-state index in [1.165, 1.54) is 5.56 Å². The van der Waals surface area contributed by atoms with Crippen LogP contribution in [-0.2, 0) is 0 Å². The van der Waals surface area contributed by atoms with Crippen LogP contribution < -0.4 is 10.1 Å². The zero-order chi connectivity index (χ0) is 13.5. The Labute approximate surface area is 112 Å².